The van der Waals surface area contributed by atoms with Crippen LogP contribution in [0.4, 0.5) is 5.69 Å². The van der Waals surface area contributed by atoms with Gasteiger partial charge in [-0.25, -0.2) is 0 Å². The van der Waals surface area contributed by atoms with Gasteiger partial charge in [-0.1, -0.05) is 12.1 Å². The molecule has 0 aliphatic carbocycles. The van der Waals surface area contributed by atoms with Crippen LogP contribution in [0.1, 0.15) is 39.3 Å². The molecule has 1 aromatic rings. The molecule has 0 aromatic heterocycles. The number of benzene rings is 1. The van der Waals surface area contributed by atoms with Gasteiger partial charge >= 0.3 is 0 Å². The van der Waals surface area contributed by atoms with Crippen molar-refractivity contribution in [1.29, 1.82) is 0 Å². The van der Waals surface area contributed by atoms with Crippen LogP contribution in [0.2, 0.25) is 0 Å². The fourth-order valence-corrected chi connectivity index (χ4v) is 1.58. The molecule has 2 atom stereocenters. The van der Waals surface area contributed by atoms with Gasteiger partial charge < -0.3 is 10.4 Å². The Bertz CT molecular complexity index is 426. The van der Waals surface area contributed by atoms with Gasteiger partial charge in [-0.05, 0) is 33.3 Å². The molecule has 1 aromatic carbocycles. The van der Waals surface area contributed by atoms with Crippen molar-refractivity contribution in [3.05, 3.63) is 39.9 Å². The van der Waals surface area contributed by atoms with Gasteiger partial charge in [0.15, 0.2) is 0 Å². The third-order valence-corrected chi connectivity index (χ3v) is 3.14. The summed E-state index contributed by atoms with van der Waals surface area (Å²) in [5, 5.41) is 23.8. The number of hydrogen-bond acceptors (Lipinski definition) is 4. The van der Waals surface area contributed by atoms with E-state index in [0.29, 0.717) is 0 Å². The normalized spacial score (nSPS) is 15.2. The minimum Gasteiger partial charge on any atom is -0.389 e. The minimum atomic E-state index is -0.838. The fraction of sp³-hybridized carbons (Fsp3) is 0.538. The predicted octanol–water partition coefficient (Wildman–Crippen LogP) is 2.40. The van der Waals surface area contributed by atoms with Crippen LogP contribution in [0.5, 0.6) is 0 Å². The van der Waals surface area contributed by atoms with Gasteiger partial charge in [-0.15, -0.1) is 0 Å². The standard InChI is InChI=1S/C13H20N2O3/c1-9(14-10(2)13(3,4)16)11-6-5-7-12(8-11)15(17)18/h5-10,14,16H,1-4H3. The number of nitrogens with zero attached hydrogens (tertiary/aromatic N) is 1. The molecule has 100 valence electrons. The fourth-order valence-electron chi connectivity index (χ4n) is 1.58. The van der Waals surface area contributed by atoms with E-state index in [1.165, 1.54) is 6.07 Å². The van der Waals surface area contributed by atoms with Crippen LogP contribution < -0.4 is 5.32 Å². The van der Waals surface area contributed by atoms with Crippen LogP contribution in [-0.2, 0) is 0 Å². The Hall–Kier alpha value is -1.46. The first kappa shape index (κ1) is 14.6. The number of nitro groups is 1. The lowest BCUT2D eigenvalue weighted by molar-refractivity contribution is -0.384. The molecule has 0 fully saturated rings. The summed E-state index contributed by atoms with van der Waals surface area (Å²) < 4.78 is 0. The summed E-state index contributed by atoms with van der Waals surface area (Å²) in [5.41, 5.74) is 0.0759. The zero-order valence-corrected chi connectivity index (χ0v) is 11.2. The molecule has 5 nitrogen and oxygen atoms in total. The van der Waals surface area contributed by atoms with Gasteiger partial charge in [-0.2, -0.15) is 0 Å². The number of non-ortho nitro benzene ring substituents is 1. The van der Waals surface area contributed by atoms with E-state index in [4.69, 9.17) is 0 Å². The molecule has 2 unspecified atom stereocenters. The molecule has 0 aliphatic heterocycles. The number of nitrogens with one attached hydrogen (secondary N) is 1. The van der Waals surface area contributed by atoms with Gasteiger partial charge in [0.25, 0.3) is 5.69 Å². The van der Waals surface area contributed by atoms with Gasteiger partial charge in [0, 0.05) is 24.2 Å². The third-order valence-electron chi connectivity index (χ3n) is 3.14. The lowest BCUT2D eigenvalue weighted by atomic mass is 9.98. The second-order valence-corrected chi connectivity index (χ2v) is 5.12. The zero-order valence-electron chi connectivity index (χ0n) is 11.2. The molecule has 0 saturated carbocycles. The van der Waals surface area contributed by atoms with E-state index in [9.17, 15) is 15.2 Å². The maximum Gasteiger partial charge on any atom is 0.269 e. The molecule has 2 N–H and O–H groups in total. The summed E-state index contributed by atoms with van der Waals surface area (Å²) >= 11 is 0. The maximum absolute atomic E-state index is 10.7. The third kappa shape index (κ3) is 3.78. The summed E-state index contributed by atoms with van der Waals surface area (Å²) in [4.78, 5) is 10.3. The quantitative estimate of drug-likeness (QED) is 0.623. The monoisotopic (exact) mass is 252 g/mol. The lowest BCUT2D eigenvalue weighted by Gasteiger charge is -2.30. The topological polar surface area (TPSA) is 75.4 Å². The van der Waals surface area contributed by atoms with Gasteiger partial charge in [0.1, 0.15) is 0 Å². The van der Waals surface area contributed by atoms with Crippen LogP contribution in [-0.4, -0.2) is 21.7 Å². The molecule has 0 spiro atoms. The van der Waals surface area contributed by atoms with Crippen molar-refractivity contribution < 1.29 is 10.0 Å². The van der Waals surface area contributed by atoms with E-state index >= 15 is 0 Å². The van der Waals surface area contributed by atoms with Crippen LogP contribution in [0.3, 0.4) is 0 Å². The van der Waals surface area contributed by atoms with Gasteiger partial charge in [0.05, 0.1) is 10.5 Å². The van der Waals surface area contributed by atoms with E-state index in [-0.39, 0.29) is 17.8 Å². The Morgan fingerprint density at radius 3 is 2.50 bits per heavy atom. The summed E-state index contributed by atoms with van der Waals surface area (Å²) in [7, 11) is 0. The van der Waals surface area contributed by atoms with Crippen molar-refractivity contribution in [2.75, 3.05) is 0 Å². The van der Waals surface area contributed by atoms with Gasteiger partial charge in [0.2, 0.25) is 0 Å². The Labute approximate surface area is 107 Å². The smallest absolute Gasteiger partial charge is 0.269 e. The highest BCUT2D eigenvalue weighted by Gasteiger charge is 2.24. The van der Waals surface area contributed by atoms with Crippen molar-refractivity contribution in [3.8, 4) is 0 Å². The summed E-state index contributed by atoms with van der Waals surface area (Å²) in [6.45, 7) is 7.25. The number of aliphatic hydroxyl groups is 1. The molecule has 0 bridgehead atoms. The summed E-state index contributed by atoms with van der Waals surface area (Å²) in [6.07, 6.45) is 0. The Kier molecular flexibility index (Phi) is 4.43. The molecule has 0 aliphatic rings. The molecule has 0 heterocycles. The highest BCUT2D eigenvalue weighted by atomic mass is 16.6. The minimum absolute atomic E-state index is 0.0636. The van der Waals surface area contributed by atoms with E-state index in [1.807, 2.05) is 19.9 Å². The molecule has 1 rings (SSSR count). The maximum atomic E-state index is 10.7. The van der Waals surface area contributed by atoms with Crippen LogP contribution >= 0.6 is 0 Å². The Morgan fingerprint density at radius 2 is 2.00 bits per heavy atom. The molecule has 18 heavy (non-hydrogen) atoms. The lowest BCUT2D eigenvalue weighted by Crippen LogP contribution is -2.45. The number of hydrogen-bond donors (Lipinski definition) is 2. The second kappa shape index (κ2) is 5.46. The molecule has 5 heteroatoms. The van der Waals surface area contributed by atoms with E-state index in [1.54, 1.807) is 26.0 Å². The Balaban J connectivity index is 2.81. The highest BCUT2D eigenvalue weighted by molar-refractivity contribution is 5.35. The first-order valence-electron chi connectivity index (χ1n) is 5.94. The Morgan fingerprint density at radius 1 is 1.39 bits per heavy atom. The zero-order chi connectivity index (χ0) is 13.9. The van der Waals surface area contributed by atoms with Crippen molar-refractivity contribution >= 4 is 5.69 Å². The molecule has 0 amide bonds. The van der Waals surface area contributed by atoms with Crippen molar-refractivity contribution in [1.82, 2.24) is 5.32 Å². The summed E-state index contributed by atoms with van der Waals surface area (Å²) in [5.74, 6) is 0. The molecule has 0 radical (unpaired) electrons. The average molecular weight is 252 g/mol. The van der Waals surface area contributed by atoms with Crippen LogP contribution in [0.25, 0.3) is 0 Å². The number of nitro benzene ring substituents is 1. The van der Waals surface area contributed by atoms with Crippen LogP contribution in [0, 0.1) is 10.1 Å². The van der Waals surface area contributed by atoms with Crippen LogP contribution in [0.15, 0.2) is 24.3 Å². The molecular formula is C13H20N2O3. The molecule has 0 saturated heterocycles. The van der Waals surface area contributed by atoms with Crippen molar-refractivity contribution in [2.45, 2.75) is 45.4 Å². The van der Waals surface area contributed by atoms with E-state index in [0.717, 1.165) is 5.56 Å². The average Bonchev–Trinajstić information content (AvgIpc) is 2.27. The van der Waals surface area contributed by atoms with Crippen molar-refractivity contribution in [2.24, 2.45) is 0 Å². The first-order chi connectivity index (χ1) is 8.21. The first-order valence-corrected chi connectivity index (χ1v) is 5.94. The largest absolute Gasteiger partial charge is 0.389 e. The van der Waals surface area contributed by atoms with E-state index in [2.05, 4.69) is 5.32 Å². The van der Waals surface area contributed by atoms with Gasteiger partial charge in [-0.3, -0.25) is 10.1 Å². The SMILES string of the molecule is CC(NC(C)C(C)(C)O)c1cccc([N+](=O)[O-])c1. The number of rotatable bonds is 5. The molecular weight excluding hydrogens is 232 g/mol. The van der Waals surface area contributed by atoms with Crippen molar-refractivity contribution in [3.63, 3.8) is 0 Å². The second-order valence-electron chi connectivity index (χ2n) is 5.12. The predicted molar refractivity (Wildman–Crippen MR) is 70.4 cm³/mol. The summed E-state index contributed by atoms with van der Waals surface area (Å²) in [6, 6.07) is 6.34. The highest BCUT2D eigenvalue weighted by Crippen LogP contribution is 2.20. The van der Waals surface area contributed by atoms with E-state index < -0.39 is 10.5 Å².